The molecule has 1 N–H and O–H groups in total. The molecule has 4 fully saturated rings. The van der Waals surface area contributed by atoms with Crippen molar-refractivity contribution >= 4 is 0 Å². The highest BCUT2D eigenvalue weighted by Crippen LogP contribution is 2.56. The fourth-order valence-corrected chi connectivity index (χ4v) is 5.47. The summed E-state index contributed by atoms with van der Waals surface area (Å²) >= 11 is 0. The molecule has 1 aromatic rings. The largest absolute Gasteiger partial charge is 0.465 e. The highest BCUT2D eigenvalue weighted by Gasteiger charge is 2.47. The first kappa shape index (κ1) is 12.9. The van der Waals surface area contributed by atoms with Gasteiger partial charge in [-0.2, -0.15) is 0 Å². The van der Waals surface area contributed by atoms with Crippen LogP contribution in [0.25, 0.3) is 0 Å². The molecular formula is C18H27NO. The van der Waals surface area contributed by atoms with Gasteiger partial charge in [0.2, 0.25) is 0 Å². The van der Waals surface area contributed by atoms with Gasteiger partial charge in [-0.05, 0) is 94.2 Å². The molecule has 0 radical (unpaired) electrons. The molecule has 1 aromatic heterocycles. The summed E-state index contributed by atoms with van der Waals surface area (Å²) in [6, 6.07) is 4.53. The Balaban J connectivity index is 1.38. The Kier molecular flexibility index (Phi) is 3.17. The van der Waals surface area contributed by atoms with Crippen LogP contribution in [0.3, 0.4) is 0 Å². The third-order valence-electron chi connectivity index (χ3n) is 6.27. The maximum absolute atomic E-state index is 5.74. The first-order valence-corrected chi connectivity index (χ1v) is 8.48. The van der Waals surface area contributed by atoms with E-state index in [9.17, 15) is 0 Å². The minimum Gasteiger partial charge on any atom is -0.465 e. The molecule has 4 saturated carbocycles. The molecule has 1 atom stereocenters. The lowest BCUT2D eigenvalue weighted by Crippen LogP contribution is -2.48. The maximum Gasteiger partial charge on any atom is 0.120 e. The average molecular weight is 273 g/mol. The van der Waals surface area contributed by atoms with E-state index in [-0.39, 0.29) is 0 Å². The van der Waals surface area contributed by atoms with E-state index in [0.29, 0.717) is 6.04 Å². The summed E-state index contributed by atoms with van der Waals surface area (Å²) in [4.78, 5) is 0. The summed E-state index contributed by atoms with van der Waals surface area (Å²) in [5, 5.41) is 3.75. The molecule has 0 saturated heterocycles. The first-order chi connectivity index (χ1) is 9.69. The monoisotopic (exact) mass is 273 g/mol. The standard InChI is InChI=1S/C18H27NO/c1-11-3-4-18(20-11)12(2)19-10-17-15-6-13-5-14(8-15)9-16(17)7-13/h3-4,12-17,19H,5-10H2,1-2H3. The van der Waals surface area contributed by atoms with Crippen molar-refractivity contribution in [2.45, 2.75) is 52.0 Å². The van der Waals surface area contributed by atoms with Crippen LogP contribution >= 0.6 is 0 Å². The van der Waals surface area contributed by atoms with E-state index < -0.39 is 0 Å². The maximum atomic E-state index is 5.74. The Bertz CT molecular complexity index is 450. The zero-order chi connectivity index (χ0) is 13.7. The quantitative estimate of drug-likeness (QED) is 0.884. The predicted molar refractivity (Wildman–Crippen MR) is 80.4 cm³/mol. The highest BCUT2D eigenvalue weighted by molar-refractivity contribution is 5.09. The van der Waals surface area contributed by atoms with Crippen LogP contribution < -0.4 is 5.32 Å². The molecule has 1 heterocycles. The lowest BCUT2D eigenvalue weighted by atomic mass is 9.52. The zero-order valence-electron chi connectivity index (χ0n) is 12.8. The number of furan rings is 1. The van der Waals surface area contributed by atoms with Crippen LogP contribution in [0.5, 0.6) is 0 Å². The van der Waals surface area contributed by atoms with Gasteiger partial charge in [-0.1, -0.05) is 0 Å². The van der Waals surface area contributed by atoms with Crippen LogP contribution in [0, 0.1) is 36.5 Å². The Morgan fingerprint density at radius 2 is 1.75 bits per heavy atom. The molecule has 0 spiro atoms. The van der Waals surface area contributed by atoms with Gasteiger partial charge in [0, 0.05) is 0 Å². The van der Waals surface area contributed by atoms with Gasteiger partial charge in [-0.3, -0.25) is 0 Å². The van der Waals surface area contributed by atoms with E-state index >= 15 is 0 Å². The van der Waals surface area contributed by atoms with Gasteiger partial charge in [0.1, 0.15) is 11.5 Å². The fourth-order valence-electron chi connectivity index (χ4n) is 5.47. The summed E-state index contributed by atoms with van der Waals surface area (Å²) in [6.45, 7) is 5.44. The minimum absolute atomic E-state index is 0.348. The van der Waals surface area contributed by atoms with E-state index in [2.05, 4.69) is 24.4 Å². The first-order valence-electron chi connectivity index (χ1n) is 8.48. The van der Waals surface area contributed by atoms with Crippen molar-refractivity contribution in [3.8, 4) is 0 Å². The van der Waals surface area contributed by atoms with Crippen LogP contribution in [0.1, 0.15) is 56.6 Å². The van der Waals surface area contributed by atoms with Crippen LogP contribution in [0.2, 0.25) is 0 Å². The van der Waals surface area contributed by atoms with Crippen LogP contribution in [-0.2, 0) is 0 Å². The lowest BCUT2D eigenvalue weighted by molar-refractivity contribution is -0.0363. The summed E-state index contributed by atoms with van der Waals surface area (Å²) in [5.74, 6) is 7.24. The zero-order valence-corrected chi connectivity index (χ0v) is 12.8. The Hall–Kier alpha value is -0.760. The molecule has 5 rings (SSSR count). The molecule has 2 heteroatoms. The van der Waals surface area contributed by atoms with Gasteiger partial charge in [0.15, 0.2) is 0 Å². The lowest BCUT2D eigenvalue weighted by Gasteiger charge is -2.54. The van der Waals surface area contributed by atoms with Crippen LogP contribution in [0.4, 0.5) is 0 Å². The third kappa shape index (κ3) is 2.22. The highest BCUT2D eigenvalue weighted by atomic mass is 16.3. The van der Waals surface area contributed by atoms with Crippen molar-refractivity contribution in [2.24, 2.45) is 29.6 Å². The summed E-state index contributed by atoms with van der Waals surface area (Å²) < 4.78 is 5.74. The van der Waals surface area contributed by atoms with Crippen LogP contribution in [-0.4, -0.2) is 6.54 Å². The Morgan fingerprint density at radius 1 is 1.10 bits per heavy atom. The number of hydrogen-bond donors (Lipinski definition) is 1. The number of nitrogens with one attached hydrogen (secondary N) is 1. The molecule has 4 aliphatic carbocycles. The molecule has 2 nitrogen and oxygen atoms in total. The predicted octanol–water partition coefficient (Wildman–Crippen LogP) is 4.31. The smallest absolute Gasteiger partial charge is 0.120 e. The summed E-state index contributed by atoms with van der Waals surface area (Å²) in [5.41, 5.74) is 0. The Labute approximate surface area is 122 Å². The second-order valence-electron chi connectivity index (χ2n) is 7.67. The molecule has 0 aliphatic heterocycles. The van der Waals surface area contributed by atoms with Gasteiger partial charge < -0.3 is 9.73 Å². The number of aryl methyl sites for hydroxylation is 1. The van der Waals surface area contributed by atoms with Gasteiger partial charge >= 0.3 is 0 Å². The summed E-state index contributed by atoms with van der Waals surface area (Å²) in [6.07, 6.45) is 7.64. The SMILES string of the molecule is Cc1ccc(C(C)NCC2C3CC4CC(C3)CC2C4)o1. The van der Waals surface area contributed by atoms with Crippen molar-refractivity contribution < 1.29 is 4.42 Å². The van der Waals surface area contributed by atoms with E-state index in [1.807, 2.05) is 6.92 Å². The molecule has 0 amide bonds. The van der Waals surface area contributed by atoms with Crippen LogP contribution in [0.15, 0.2) is 16.5 Å². The molecule has 4 bridgehead atoms. The topological polar surface area (TPSA) is 25.2 Å². The molecule has 4 aliphatic rings. The van der Waals surface area contributed by atoms with Crippen molar-refractivity contribution in [1.29, 1.82) is 0 Å². The average Bonchev–Trinajstić information content (AvgIpc) is 2.83. The molecule has 110 valence electrons. The van der Waals surface area contributed by atoms with Crippen molar-refractivity contribution in [1.82, 2.24) is 5.32 Å². The van der Waals surface area contributed by atoms with E-state index in [0.717, 1.165) is 41.1 Å². The molecule has 20 heavy (non-hydrogen) atoms. The minimum atomic E-state index is 0.348. The van der Waals surface area contributed by atoms with Gasteiger partial charge in [0.05, 0.1) is 6.04 Å². The van der Waals surface area contributed by atoms with Gasteiger partial charge in [0.25, 0.3) is 0 Å². The molecule has 1 unspecified atom stereocenters. The third-order valence-corrected chi connectivity index (χ3v) is 6.27. The van der Waals surface area contributed by atoms with E-state index in [1.165, 1.54) is 32.2 Å². The van der Waals surface area contributed by atoms with E-state index in [4.69, 9.17) is 4.42 Å². The van der Waals surface area contributed by atoms with Crippen molar-refractivity contribution in [2.75, 3.05) is 6.54 Å². The second kappa shape index (κ2) is 4.91. The van der Waals surface area contributed by atoms with Crippen molar-refractivity contribution in [3.63, 3.8) is 0 Å². The van der Waals surface area contributed by atoms with Gasteiger partial charge in [-0.15, -0.1) is 0 Å². The Morgan fingerprint density at radius 3 is 2.30 bits per heavy atom. The molecular weight excluding hydrogens is 246 g/mol. The normalized spacial score (nSPS) is 40.2. The fraction of sp³-hybridized carbons (Fsp3) is 0.778. The van der Waals surface area contributed by atoms with Crippen molar-refractivity contribution in [3.05, 3.63) is 23.7 Å². The van der Waals surface area contributed by atoms with E-state index in [1.54, 1.807) is 6.42 Å². The summed E-state index contributed by atoms with van der Waals surface area (Å²) in [7, 11) is 0. The number of hydrogen-bond acceptors (Lipinski definition) is 2. The second-order valence-corrected chi connectivity index (χ2v) is 7.67. The number of rotatable bonds is 4. The molecule has 0 aromatic carbocycles. The van der Waals surface area contributed by atoms with Gasteiger partial charge in [-0.25, -0.2) is 0 Å².